The monoisotopic (exact) mass is 327 g/mol. The third-order valence-corrected chi connectivity index (χ3v) is 3.15. The largest absolute Gasteiger partial charge is 0.489 e. The topological polar surface area (TPSA) is 38.8 Å². The second-order valence-corrected chi connectivity index (χ2v) is 6.20. The van der Waals surface area contributed by atoms with Gasteiger partial charge in [-0.2, -0.15) is 0 Å². The van der Waals surface area contributed by atoms with Gasteiger partial charge in [0.2, 0.25) is 5.91 Å². The Labute approximate surface area is 138 Å². The summed E-state index contributed by atoms with van der Waals surface area (Å²) in [5, 5.41) is 0. The number of alkyl halides is 1. The quantitative estimate of drug-likeness (QED) is 0.535. The average molecular weight is 328 g/mol. The summed E-state index contributed by atoms with van der Waals surface area (Å²) in [6.45, 7) is 10.7. The minimum Gasteiger partial charge on any atom is -0.489 e. The number of amides is 1. The lowest BCUT2D eigenvalue weighted by molar-refractivity contribution is -0.117. The molecule has 0 aliphatic carbocycles. The summed E-state index contributed by atoms with van der Waals surface area (Å²) in [6.07, 6.45) is 0.0186. The lowest BCUT2D eigenvalue weighted by Gasteiger charge is -2.27. The molecule has 124 valence electrons. The van der Waals surface area contributed by atoms with Crippen molar-refractivity contribution in [2.45, 2.75) is 40.7 Å². The maximum Gasteiger partial charge on any atom is 0.243 e. The van der Waals surface area contributed by atoms with E-state index in [-0.39, 0.29) is 24.6 Å². The smallest absolute Gasteiger partial charge is 0.243 e. The van der Waals surface area contributed by atoms with Gasteiger partial charge in [0.1, 0.15) is 18.4 Å². The highest BCUT2D eigenvalue weighted by molar-refractivity contribution is 6.29. The maximum absolute atomic E-state index is 12.2. The van der Waals surface area contributed by atoms with Gasteiger partial charge in [0.15, 0.2) is 0 Å². The van der Waals surface area contributed by atoms with Crippen LogP contribution in [-0.4, -0.2) is 31.2 Å². The number of hydrogen-bond donors (Lipinski definition) is 0. The lowest BCUT2D eigenvalue weighted by Crippen LogP contribution is -2.35. The zero-order chi connectivity index (χ0) is 16.7. The third-order valence-electron chi connectivity index (χ3n) is 2.92. The molecule has 1 aromatic rings. The van der Waals surface area contributed by atoms with Crippen LogP contribution in [0.5, 0.6) is 5.75 Å². The standard InChI is InChI=1S/C17H26ClNO3/c1-12(2)10-21-11-19(16(20)9-18)17-14(5)7-6-8-15(17)22-13(3)4/h6-8,12-13H,9-11H2,1-5H3. The van der Waals surface area contributed by atoms with E-state index in [4.69, 9.17) is 21.1 Å². The average Bonchev–Trinajstić information content (AvgIpc) is 2.43. The molecule has 0 unspecified atom stereocenters. The second kappa shape index (κ2) is 9.01. The summed E-state index contributed by atoms with van der Waals surface area (Å²) < 4.78 is 11.5. The van der Waals surface area contributed by atoms with Crippen molar-refractivity contribution in [3.05, 3.63) is 23.8 Å². The number of para-hydroxylation sites is 1. The van der Waals surface area contributed by atoms with Crippen molar-refractivity contribution in [2.24, 2.45) is 5.92 Å². The Morgan fingerprint density at radius 1 is 1.27 bits per heavy atom. The number of carbonyl (C=O) groups excluding carboxylic acids is 1. The van der Waals surface area contributed by atoms with Gasteiger partial charge in [-0.25, -0.2) is 0 Å². The van der Waals surface area contributed by atoms with Crippen molar-refractivity contribution in [3.63, 3.8) is 0 Å². The van der Waals surface area contributed by atoms with Crippen LogP contribution in [-0.2, 0) is 9.53 Å². The summed E-state index contributed by atoms with van der Waals surface area (Å²) in [6, 6.07) is 5.72. The van der Waals surface area contributed by atoms with Crippen LogP contribution in [0, 0.1) is 12.8 Å². The number of nitrogens with zero attached hydrogens (tertiary/aromatic N) is 1. The number of aryl methyl sites for hydroxylation is 1. The predicted octanol–water partition coefficient (Wildman–Crippen LogP) is 3.98. The summed E-state index contributed by atoms with van der Waals surface area (Å²) >= 11 is 5.76. The van der Waals surface area contributed by atoms with Crippen LogP contribution in [0.15, 0.2) is 18.2 Å². The fourth-order valence-electron chi connectivity index (χ4n) is 2.04. The van der Waals surface area contributed by atoms with Gasteiger partial charge < -0.3 is 9.47 Å². The van der Waals surface area contributed by atoms with Gasteiger partial charge in [-0.05, 0) is 38.3 Å². The number of benzene rings is 1. The molecule has 0 aliphatic rings. The number of rotatable bonds is 8. The molecule has 0 heterocycles. The van der Waals surface area contributed by atoms with Crippen LogP contribution >= 0.6 is 11.6 Å². The first-order valence-electron chi connectivity index (χ1n) is 7.57. The molecule has 0 spiro atoms. The van der Waals surface area contributed by atoms with E-state index < -0.39 is 0 Å². The first-order valence-corrected chi connectivity index (χ1v) is 8.10. The molecule has 0 saturated heterocycles. The minimum atomic E-state index is -0.201. The van der Waals surface area contributed by atoms with E-state index in [0.29, 0.717) is 18.3 Å². The molecule has 5 heteroatoms. The minimum absolute atomic E-state index is 0.0186. The summed E-state index contributed by atoms with van der Waals surface area (Å²) in [7, 11) is 0. The molecule has 22 heavy (non-hydrogen) atoms. The highest BCUT2D eigenvalue weighted by Gasteiger charge is 2.21. The first kappa shape index (κ1) is 18.8. The lowest BCUT2D eigenvalue weighted by atomic mass is 10.1. The van der Waals surface area contributed by atoms with Gasteiger partial charge in [0, 0.05) is 0 Å². The highest BCUT2D eigenvalue weighted by Crippen LogP contribution is 2.33. The van der Waals surface area contributed by atoms with E-state index in [1.807, 2.05) is 39.0 Å². The fraction of sp³-hybridized carbons (Fsp3) is 0.588. The van der Waals surface area contributed by atoms with Gasteiger partial charge in [-0.15, -0.1) is 11.6 Å². The SMILES string of the molecule is Cc1cccc(OC(C)C)c1N(COCC(C)C)C(=O)CCl. The van der Waals surface area contributed by atoms with Crippen LogP contribution < -0.4 is 9.64 Å². The molecule has 1 rings (SSSR count). The fourth-order valence-corrected chi connectivity index (χ4v) is 2.18. The number of carbonyl (C=O) groups is 1. The molecule has 1 aromatic carbocycles. The third kappa shape index (κ3) is 5.50. The molecule has 0 fully saturated rings. The van der Waals surface area contributed by atoms with Crippen LogP contribution in [0.25, 0.3) is 0 Å². The Morgan fingerprint density at radius 3 is 2.50 bits per heavy atom. The zero-order valence-corrected chi connectivity index (χ0v) is 14.8. The van der Waals surface area contributed by atoms with E-state index in [9.17, 15) is 4.79 Å². The Kier molecular flexibility index (Phi) is 7.69. The van der Waals surface area contributed by atoms with Crippen LogP contribution in [0.4, 0.5) is 5.69 Å². The predicted molar refractivity (Wildman–Crippen MR) is 90.8 cm³/mol. The van der Waals surface area contributed by atoms with Gasteiger partial charge in [-0.3, -0.25) is 9.69 Å². The maximum atomic E-state index is 12.2. The van der Waals surface area contributed by atoms with E-state index in [2.05, 4.69) is 13.8 Å². The molecular formula is C17H26ClNO3. The number of anilines is 1. The van der Waals surface area contributed by atoms with Crippen LogP contribution in [0.2, 0.25) is 0 Å². The molecule has 0 aliphatic heterocycles. The van der Waals surface area contributed by atoms with Crippen molar-refractivity contribution in [1.29, 1.82) is 0 Å². The van der Waals surface area contributed by atoms with Gasteiger partial charge >= 0.3 is 0 Å². The zero-order valence-electron chi connectivity index (χ0n) is 14.1. The number of halogens is 1. The molecule has 0 saturated carbocycles. The van der Waals surface area contributed by atoms with E-state index >= 15 is 0 Å². The van der Waals surface area contributed by atoms with E-state index in [0.717, 1.165) is 11.3 Å². The Hall–Kier alpha value is -1.26. The van der Waals surface area contributed by atoms with E-state index in [1.165, 1.54) is 0 Å². The molecule has 0 aromatic heterocycles. The number of hydrogen-bond acceptors (Lipinski definition) is 3. The van der Waals surface area contributed by atoms with Crippen molar-refractivity contribution in [3.8, 4) is 5.75 Å². The Balaban J connectivity index is 3.09. The molecule has 0 bridgehead atoms. The van der Waals surface area contributed by atoms with Gasteiger partial charge in [0.05, 0.1) is 18.4 Å². The number of ether oxygens (including phenoxy) is 2. The van der Waals surface area contributed by atoms with Crippen molar-refractivity contribution in [2.75, 3.05) is 24.1 Å². The second-order valence-electron chi connectivity index (χ2n) is 5.94. The molecule has 0 radical (unpaired) electrons. The molecule has 0 atom stereocenters. The highest BCUT2D eigenvalue weighted by atomic mass is 35.5. The van der Waals surface area contributed by atoms with E-state index in [1.54, 1.807) is 4.90 Å². The summed E-state index contributed by atoms with van der Waals surface area (Å²) in [4.78, 5) is 13.8. The first-order chi connectivity index (χ1) is 10.4. The summed E-state index contributed by atoms with van der Waals surface area (Å²) in [5.74, 6) is 0.770. The molecular weight excluding hydrogens is 302 g/mol. The summed E-state index contributed by atoms with van der Waals surface area (Å²) in [5.41, 5.74) is 1.68. The van der Waals surface area contributed by atoms with Gasteiger partial charge in [-0.1, -0.05) is 26.0 Å². The van der Waals surface area contributed by atoms with Crippen molar-refractivity contribution >= 4 is 23.2 Å². The molecule has 0 N–H and O–H groups in total. The van der Waals surface area contributed by atoms with Crippen molar-refractivity contribution in [1.82, 2.24) is 0 Å². The van der Waals surface area contributed by atoms with Crippen LogP contribution in [0.1, 0.15) is 33.3 Å². The van der Waals surface area contributed by atoms with Gasteiger partial charge in [0.25, 0.3) is 0 Å². The Morgan fingerprint density at radius 2 is 1.95 bits per heavy atom. The Bertz CT molecular complexity index is 489. The van der Waals surface area contributed by atoms with Crippen molar-refractivity contribution < 1.29 is 14.3 Å². The molecule has 1 amide bonds. The molecule has 4 nitrogen and oxygen atoms in total. The van der Waals surface area contributed by atoms with Crippen LogP contribution in [0.3, 0.4) is 0 Å². The normalized spacial score (nSPS) is 11.1.